The summed E-state index contributed by atoms with van der Waals surface area (Å²) >= 11 is 0. The maximum absolute atomic E-state index is 8.72. The number of piperazine rings is 1. The van der Waals surface area contributed by atoms with Crippen LogP contribution in [0, 0.1) is 11.8 Å². The first-order valence-corrected chi connectivity index (χ1v) is 8.00. The fourth-order valence-electron chi connectivity index (χ4n) is 3.37. The van der Waals surface area contributed by atoms with Gasteiger partial charge >= 0.3 is 0 Å². The molecule has 112 valence electrons. The molecule has 3 nitrogen and oxygen atoms in total. The molecule has 2 heterocycles. The molecule has 2 saturated heterocycles. The van der Waals surface area contributed by atoms with Gasteiger partial charge in [-0.05, 0) is 37.1 Å². The van der Waals surface area contributed by atoms with Crippen LogP contribution in [0.2, 0.25) is 0 Å². The molecule has 0 amide bonds. The van der Waals surface area contributed by atoms with Crippen molar-refractivity contribution in [2.24, 2.45) is 0 Å². The van der Waals surface area contributed by atoms with Crippen molar-refractivity contribution in [2.75, 3.05) is 32.8 Å². The number of hydrogen-bond acceptors (Lipinski definition) is 3. The summed E-state index contributed by atoms with van der Waals surface area (Å²) in [4.78, 5) is 5.23. The number of aliphatic hydroxyl groups excluding tert-OH is 1. The van der Waals surface area contributed by atoms with Crippen LogP contribution in [0.3, 0.4) is 0 Å². The lowest BCUT2D eigenvalue weighted by atomic mass is 10.1. The molecule has 21 heavy (non-hydrogen) atoms. The summed E-state index contributed by atoms with van der Waals surface area (Å²) < 4.78 is 0. The first-order chi connectivity index (χ1) is 10.3. The van der Waals surface area contributed by atoms with E-state index in [1.807, 2.05) is 0 Å². The van der Waals surface area contributed by atoms with E-state index in [9.17, 15) is 0 Å². The second-order valence-corrected chi connectivity index (χ2v) is 6.04. The van der Waals surface area contributed by atoms with Crippen LogP contribution in [-0.4, -0.2) is 53.7 Å². The predicted molar refractivity (Wildman–Crippen MR) is 84.9 cm³/mol. The van der Waals surface area contributed by atoms with Crippen molar-refractivity contribution in [1.29, 1.82) is 0 Å². The molecule has 3 rings (SSSR count). The molecular weight excluding hydrogens is 260 g/mol. The zero-order valence-corrected chi connectivity index (χ0v) is 12.6. The molecule has 1 aromatic carbocycles. The Bertz CT molecular complexity index is 514. The van der Waals surface area contributed by atoms with Crippen LogP contribution in [0.1, 0.15) is 30.4 Å². The zero-order chi connectivity index (χ0) is 14.5. The van der Waals surface area contributed by atoms with E-state index in [2.05, 4.69) is 45.9 Å². The van der Waals surface area contributed by atoms with Crippen LogP contribution in [0.15, 0.2) is 24.3 Å². The van der Waals surface area contributed by atoms with Gasteiger partial charge in [-0.15, -0.1) is 0 Å². The van der Waals surface area contributed by atoms with Crippen LogP contribution in [0.25, 0.3) is 0 Å². The number of hydrogen-bond donors (Lipinski definition) is 1. The molecule has 0 saturated carbocycles. The van der Waals surface area contributed by atoms with Crippen LogP contribution >= 0.6 is 0 Å². The number of benzene rings is 1. The summed E-state index contributed by atoms with van der Waals surface area (Å²) in [6.07, 6.45) is 3.29. The highest BCUT2D eigenvalue weighted by atomic mass is 16.2. The van der Waals surface area contributed by atoms with Crippen LogP contribution < -0.4 is 0 Å². The van der Waals surface area contributed by atoms with Gasteiger partial charge in [-0.25, -0.2) is 0 Å². The first-order valence-electron chi connectivity index (χ1n) is 8.00. The van der Waals surface area contributed by atoms with Gasteiger partial charge in [0, 0.05) is 44.2 Å². The van der Waals surface area contributed by atoms with Crippen LogP contribution in [0.5, 0.6) is 0 Å². The smallest absolute Gasteiger partial charge is 0.0540 e. The van der Waals surface area contributed by atoms with Crippen molar-refractivity contribution in [3.05, 3.63) is 35.4 Å². The minimum atomic E-state index is 0.137. The molecule has 1 atom stereocenters. The monoisotopic (exact) mass is 284 g/mol. The zero-order valence-electron chi connectivity index (χ0n) is 12.6. The lowest BCUT2D eigenvalue weighted by Crippen LogP contribution is -2.49. The fraction of sp³-hybridized carbons (Fsp3) is 0.556. The van der Waals surface area contributed by atoms with Gasteiger partial charge in [0.05, 0.1) is 6.61 Å². The van der Waals surface area contributed by atoms with E-state index in [1.165, 1.54) is 44.6 Å². The van der Waals surface area contributed by atoms with Crippen molar-refractivity contribution in [3.63, 3.8) is 0 Å². The standard InChI is InChI=1S/C18H24N2O/c21-13-2-1-4-16-6-8-17(9-7-16)14-19-11-12-20-10-3-5-18(20)15-19/h6-9,18,21H,2-3,5,10-15H2. The third kappa shape index (κ3) is 3.85. The van der Waals surface area contributed by atoms with E-state index in [4.69, 9.17) is 5.11 Å². The van der Waals surface area contributed by atoms with Gasteiger partial charge in [-0.3, -0.25) is 9.80 Å². The highest BCUT2D eigenvalue weighted by Crippen LogP contribution is 2.22. The van der Waals surface area contributed by atoms with Gasteiger partial charge in [0.2, 0.25) is 0 Å². The number of aliphatic hydroxyl groups is 1. The minimum absolute atomic E-state index is 0.137. The summed E-state index contributed by atoms with van der Waals surface area (Å²) in [7, 11) is 0. The maximum Gasteiger partial charge on any atom is 0.0540 e. The minimum Gasteiger partial charge on any atom is -0.395 e. The van der Waals surface area contributed by atoms with Crippen LogP contribution in [-0.2, 0) is 6.54 Å². The van der Waals surface area contributed by atoms with Gasteiger partial charge in [-0.1, -0.05) is 24.0 Å². The molecule has 1 aromatic rings. The quantitative estimate of drug-likeness (QED) is 0.856. The Morgan fingerprint density at radius 1 is 1.14 bits per heavy atom. The largest absolute Gasteiger partial charge is 0.395 e. The lowest BCUT2D eigenvalue weighted by molar-refractivity contribution is 0.0994. The first kappa shape index (κ1) is 14.6. The van der Waals surface area contributed by atoms with Crippen molar-refractivity contribution in [3.8, 4) is 11.8 Å². The molecule has 0 radical (unpaired) electrons. The third-order valence-corrected chi connectivity index (χ3v) is 4.50. The topological polar surface area (TPSA) is 26.7 Å². The Morgan fingerprint density at radius 2 is 2.00 bits per heavy atom. The number of fused-ring (bicyclic) bond motifs is 1. The van der Waals surface area contributed by atoms with E-state index < -0.39 is 0 Å². The number of nitrogens with zero attached hydrogens (tertiary/aromatic N) is 2. The van der Waals surface area contributed by atoms with Crippen molar-refractivity contribution in [2.45, 2.75) is 31.8 Å². The van der Waals surface area contributed by atoms with E-state index in [0.717, 1.165) is 18.2 Å². The van der Waals surface area contributed by atoms with Gasteiger partial charge in [-0.2, -0.15) is 0 Å². The Hall–Kier alpha value is -1.34. The average Bonchev–Trinajstić information content (AvgIpc) is 2.97. The van der Waals surface area contributed by atoms with E-state index in [-0.39, 0.29) is 6.61 Å². The normalized spacial score (nSPS) is 22.6. The van der Waals surface area contributed by atoms with E-state index in [1.54, 1.807) is 0 Å². The highest BCUT2D eigenvalue weighted by Gasteiger charge is 2.30. The van der Waals surface area contributed by atoms with Crippen molar-refractivity contribution >= 4 is 0 Å². The molecular formula is C18H24N2O. The predicted octanol–water partition coefficient (Wildman–Crippen LogP) is 1.70. The molecule has 2 aliphatic heterocycles. The summed E-state index contributed by atoms with van der Waals surface area (Å²) in [6, 6.07) is 9.34. The maximum atomic E-state index is 8.72. The second kappa shape index (κ2) is 7.09. The van der Waals surface area contributed by atoms with Crippen LogP contribution in [0.4, 0.5) is 0 Å². The summed E-state index contributed by atoms with van der Waals surface area (Å²) in [5.41, 5.74) is 2.40. The lowest BCUT2D eigenvalue weighted by Gasteiger charge is -2.37. The molecule has 1 unspecified atom stereocenters. The molecule has 2 aliphatic rings. The van der Waals surface area contributed by atoms with Crippen molar-refractivity contribution < 1.29 is 5.11 Å². The summed E-state index contributed by atoms with van der Waals surface area (Å²) in [5, 5.41) is 8.72. The molecule has 0 aromatic heterocycles. The average molecular weight is 284 g/mol. The van der Waals surface area contributed by atoms with Gasteiger partial charge in [0.15, 0.2) is 0 Å². The molecule has 0 spiro atoms. The van der Waals surface area contributed by atoms with Gasteiger partial charge in [0.1, 0.15) is 0 Å². The number of rotatable bonds is 3. The fourth-order valence-corrected chi connectivity index (χ4v) is 3.37. The Kier molecular flexibility index (Phi) is 4.92. The van der Waals surface area contributed by atoms with Gasteiger partial charge < -0.3 is 5.11 Å². The Balaban J connectivity index is 1.54. The molecule has 1 N–H and O–H groups in total. The molecule has 2 fully saturated rings. The van der Waals surface area contributed by atoms with Crippen molar-refractivity contribution in [1.82, 2.24) is 9.80 Å². The highest BCUT2D eigenvalue weighted by molar-refractivity contribution is 5.36. The Morgan fingerprint density at radius 3 is 2.81 bits per heavy atom. The molecule has 0 aliphatic carbocycles. The van der Waals surface area contributed by atoms with Gasteiger partial charge in [0.25, 0.3) is 0 Å². The summed E-state index contributed by atoms with van der Waals surface area (Å²) in [5.74, 6) is 6.04. The molecule has 3 heteroatoms. The SMILES string of the molecule is OCCC#Cc1ccc(CN2CCN3CCCC3C2)cc1. The Labute approximate surface area is 127 Å². The van der Waals surface area contributed by atoms with E-state index >= 15 is 0 Å². The summed E-state index contributed by atoms with van der Waals surface area (Å²) in [6.45, 7) is 6.13. The third-order valence-electron chi connectivity index (χ3n) is 4.50. The second-order valence-electron chi connectivity index (χ2n) is 6.04. The van der Waals surface area contributed by atoms with E-state index in [0.29, 0.717) is 6.42 Å². The molecule has 0 bridgehead atoms.